The zero-order valence-corrected chi connectivity index (χ0v) is 32.3. The molecule has 0 saturated heterocycles. The Balaban J connectivity index is 1.26. The monoisotopic (exact) mass is 736 g/mol. The van der Waals surface area contributed by atoms with Crippen LogP contribution in [0.4, 0.5) is 0 Å². The summed E-state index contributed by atoms with van der Waals surface area (Å²) in [5.74, 6) is 1.88. The third kappa shape index (κ3) is 5.04. The highest BCUT2D eigenvalue weighted by atomic mass is 32.2. The molecule has 1 aliphatic rings. The average molecular weight is 737 g/mol. The number of benzene rings is 7. The number of hydrogen-bond acceptors (Lipinski definition) is 4. The first kappa shape index (κ1) is 32.3. The Bertz CT molecular complexity index is 2800. The molecule has 0 bridgehead atoms. The Morgan fingerprint density at radius 2 is 1.25 bits per heavy atom. The zero-order valence-electron chi connectivity index (χ0n) is 29.7. The number of imidazole rings is 1. The summed E-state index contributed by atoms with van der Waals surface area (Å²) < 4.78 is 10.5. The van der Waals surface area contributed by atoms with Gasteiger partial charge >= 0.3 is 0 Å². The SMILES string of the molecule is CC(C)(C)c1cc([Si](c2ccccc2)(c2ccccc2)c2cccc3c2Oc2ccccc2S3)ccc1-c1cccc2c1nc1sc3ccccc3n12. The molecule has 10 rings (SSSR count). The lowest BCUT2D eigenvalue weighted by atomic mass is 9.81. The van der Waals surface area contributed by atoms with Crippen LogP contribution in [0.15, 0.2) is 174 Å². The van der Waals surface area contributed by atoms with E-state index in [0.717, 1.165) is 37.3 Å². The second kappa shape index (κ2) is 12.3. The van der Waals surface area contributed by atoms with Gasteiger partial charge in [-0.2, -0.15) is 0 Å². The van der Waals surface area contributed by atoms with Gasteiger partial charge in [-0.25, -0.2) is 4.98 Å². The molecular formula is C47H36N2OS2Si. The molecule has 7 aromatic carbocycles. The van der Waals surface area contributed by atoms with E-state index < -0.39 is 8.07 Å². The molecule has 0 radical (unpaired) electrons. The summed E-state index contributed by atoms with van der Waals surface area (Å²) in [6.07, 6.45) is 0. The second-order valence-corrected chi connectivity index (χ2v) is 20.6. The van der Waals surface area contributed by atoms with E-state index >= 15 is 0 Å². The molecule has 0 aliphatic carbocycles. The van der Waals surface area contributed by atoms with Crippen LogP contribution in [0, 0.1) is 0 Å². The Kier molecular flexibility index (Phi) is 7.51. The van der Waals surface area contributed by atoms with Gasteiger partial charge in [-0.3, -0.25) is 4.40 Å². The van der Waals surface area contributed by atoms with Gasteiger partial charge in [0.25, 0.3) is 0 Å². The van der Waals surface area contributed by atoms with Crippen LogP contribution >= 0.6 is 23.1 Å². The van der Waals surface area contributed by atoms with Gasteiger partial charge in [-0.1, -0.05) is 171 Å². The van der Waals surface area contributed by atoms with E-state index in [-0.39, 0.29) is 5.41 Å². The van der Waals surface area contributed by atoms with Crippen LogP contribution in [0.5, 0.6) is 11.5 Å². The van der Waals surface area contributed by atoms with Crippen molar-refractivity contribution in [1.82, 2.24) is 9.38 Å². The maximum atomic E-state index is 6.97. The van der Waals surface area contributed by atoms with Crippen molar-refractivity contribution in [3.63, 3.8) is 0 Å². The molecule has 9 aromatic rings. The highest BCUT2D eigenvalue weighted by Gasteiger charge is 2.45. The number of thiazole rings is 1. The Morgan fingerprint density at radius 3 is 2.02 bits per heavy atom. The molecular weight excluding hydrogens is 701 g/mol. The molecule has 0 amide bonds. The van der Waals surface area contributed by atoms with E-state index in [9.17, 15) is 0 Å². The zero-order chi connectivity index (χ0) is 35.7. The second-order valence-electron chi connectivity index (χ2n) is 14.7. The van der Waals surface area contributed by atoms with Gasteiger partial charge in [0.15, 0.2) is 13.0 Å². The topological polar surface area (TPSA) is 26.5 Å². The number of para-hydroxylation sites is 4. The summed E-state index contributed by atoms with van der Waals surface area (Å²) in [6, 6.07) is 60.0. The van der Waals surface area contributed by atoms with Gasteiger partial charge in [0.2, 0.25) is 0 Å². The van der Waals surface area contributed by atoms with Crippen LogP contribution in [0.25, 0.3) is 37.3 Å². The summed E-state index contributed by atoms with van der Waals surface area (Å²) >= 11 is 3.55. The first-order valence-electron chi connectivity index (χ1n) is 18.0. The van der Waals surface area contributed by atoms with Gasteiger partial charge in [0.1, 0.15) is 11.5 Å². The van der Waals surface area contributed by atoms with Crippen molar-refractivity contribution in [2.24, 2.45) is 0 Å². The van der Waals surface area contributed by atoms with Gasteiger partial charge in [-0.05, 0) is 73.7 Å². The summed E-state index contributed by atoms with van der Waals surface area (Å²) in [5, 5.41) is 5.23. The first-order valence-corrected chi connectivity index (χ1v) is 21.7. The molecule has 0 unspecified atom stereocenters. The van der Waals surface area contributed by atoms with Crippen LogP contribution in [-0.4, -0.2) is 17.5 Å². The van der Waals surface area contributed by atoms with Crippen LogP contribution in [0.3, 0.4) is 0 Å². The maximum absolute atomic E-state index is 6.97. The summed E-state index contributed by atoms with van der Waals surface area (Å²) in [6.45, 7) is 7.01. The van der Waals surface area contributed by atoms with Crippen LogP contribution in [0.2, 0.25) is 0 Å². The predicted octanol–water partition coefficient (Wildman–Crippen LogP) is 10.3. The van der Waals surface area contributed by atoms with Gasteiger partial charge in [0.05, 0.1) is 31.0 Å². The smallest absolute Gasteiger partial charge is 0.195 e. The number of ether oxygens (including phenoxy) is 1. The van der Waals surface area contributed by atoms with Crippen LogP contribution in [-0.2, 0) is 5.41 Å². The minimum absolute atomic E-state index is 0.160. The predicted molar refractivity (Wildman–Crippen MR) is 226 cm³/mol. The highest BCUT2D eigenvalue weighted by Crippen LogP contribution is 2.47. The fraction of sp³-hybridized carbons (Fsp3) is 0.0851. The van der Waals surface area contributed by atoms with Crippen molar-refractivity contribution in [3.05, 3.63) is 169 Å². The highest BCUT2D eigenvalue weighted by molar-refractivity contribution is 7.99. The van der Waals surface area contributed by atoms with Crippen molar-refractivity contribution >= 4 is 78.1 Å². The molecule has 0 N–H and O–H groups in total. The molecule has 53 heavy (non-hydrogen) atoms. The van der Waals surface area contributed by atoms with E-state index in [1.165, 1.54) is 47.7 Å². The molecule has 0 spiro atoms. The number of nitrogens with zero attached hydrogens (tertiary/aromatic N) is 2. The van der Waals surface area contributed by atoms with E-state index in [4.69, 9.17) is 9.72 Å². The fourth-order valence-corrected chi connectivity index (χ4v) is 15.2. The third-order valence-corrected chi connectivity index (χ3v) is 17.5. The summed E-state index contributed by atoms with van der Waals surface area (Å²) in [5.41, 5.74) is 6.92. The van der Waals surface area contributed by atoms with Crippen molar-refractivity contribution in [2.75, 3.05) is 0 Å². The fourth-order valence-electron chi connectivity index (χ4n) is 8.24. The van der Waals surface area contributed by atoms with Crippen LogP contribution in [0.1, 0.15) is 26.3 Å². The van der Waals surface area contributed by atoms with E-state index in [0.29, 0.717) is 0 Å². The number of hydrogen-bond donors (Lipinski definition) is 0. The molecule has 0 saturated carbocycles. The Labute approximate surface area is 318 Å². The van der Waals surface area contributed by atoms with Gasteiger partial charge < -0.3 is 4.74 Å². The number of fused-ring (bicyclic) bond motifs is 7. The normalized spacial score (nSPS) is 12.9. The van der Waals surface area contributed by atoms with Crippen LogP contribution < -0.4 is 25.5 Å². The maximum Gasteiger partial charge on any atom is 0.195 e. The molecule has 6 heteroatoms. The average Bonchev–Trinajstić information content (AvgIpc) is 3.74. The summed E-state index contributed by atoms with van der Waals surface area (Å²) in [7, 11) is -2.99. The van der Waals surface area contributed by atoms with E-state index in [1.54, 1.807) is 23.1 Å². The molecule has 0 atom stereocenters. The lowest BCUT2D eigenvalue weighted by molar-refractivity contribution is 0.458. The van der Waals surface area contributed by atoms with E-state index in [2.05, 4.69) is 189 Å². The molecule has 256 valence electrons. The first-order chi connectivity index (χ1) is 25.9. The largest absolute Gasteiger partial charge is 0.455 e. The standard InChI is InChI=1S/C47H36N2OS2Si/c1-47(2,3)36-30-33(28-29-34(36)35-20-14-22-38-44(35)48-46-49(38)37-21-10-12-24-40(37)52-46)53(31-16-6-4-7-17-31,32-18-8-5-9-19-32)43-27-15-26-42-45(43)50-39-23-11-13-25-41(39)51-42/h4-30H,1-3H3. The molecule has 1 aliphatic heterocycles. The molecule has 2 aromatic heterocycles. The van der Waals surface area contributed by atoms with Crippen molar-refractivity contribution in [1.29, 1.82) is 0 Å². The minimum atomic E-state index is -2.99. The van der Waals surface area contributed by atoms with Gasteiger partial charge in [-0.15, -0.1) is 0 Å². The molecule has 3 heterocycles. The molecule has 3 nitrogen and oxygen atoms in total. The van der Waals surface area contributed by atoms with Crippen molar-refractivity contribution in [2.45, 2.75) is 36.0 Å². The Morgan fingerprint density at radius 1 is 0.585 bits per heavy atom. The lowest BCUT2D eigenvalue weighted by Crippen LogP contribution is -2.75. The summed E-state index contributed by atoms with van der Waals surface area (Å²) in [4.78, 5) is 8.62. The minimum Gasteiger partial charge on any atom is -0.455 e. The molecule has 0 fully saturated rings. The quantitative estimate of drug-likeness (QED) is 0.130. The van der Waals surface area contributed by atoms with Crippen molar-refractivity contribution < 1.29 is 4.74 Å². The third-order valence-electron chi connectivity index (χ3n) is 10.6. The van der Waals surface area contributed by atoms with Crippen molar-refractivity contribution in [3.8, 4) is 22.6 Å². The van der Waals surface area contributed by atoms with Gasteiger partial charge in [0, 0.05) is 5.56 Å². The van der Waals surface area contributed by atoms with E-state index in [1.807, 2.05) is 0 Å². The Hall–Kier alpha value is -5.40. The lowest BCUT2D eigenvalue weighted by Gasteiger charge is -2.38. The number of rotatable bonds is 5. The number of aromatic nitrogens is 2.